The molecule has 1 amide bonds. The van der Waals surface area contributed by atoms with Gasteiger partial charge in [0.05, 0.1) is 25.6 Å². The first kappa shape index (κ1) is 19.7. The van der Waals surface area contributed by atoms with E-state index in [0.29, 0.717) is 19.5 Å². The number of nitrogens with zero attached hydrogens (tertiary/aromatic N) is 2. The molecule has 1 atom stereocenters. The molecule has 30 heavy (non-hydrogen) atoms. The van der Waals surface area contributed by atoms with Crippen molar-refractivity contribution >= 4 is 11.6 Å². The number of furan rings is 1. The van der Waals surface area contributed by atoms with Gasteiger partial charge in [0.2, 0.25) is 0 Å². The first-order valence-corrected chi connectivity index (χ1v) is 9.56. The highest BCUT2D eigenvalue weighted by Crippen LogP contribution is 2.21. The summed E-state index contributed by atoms with van der Waals surface area (Å²) in [6.07, 6.45) is 1.68. The number of hydrogen-bond acceptors (Lipinski definition) is 5. The third-order valence-corrected chi connectivity index (χ3v) is 4.86. The van der Waals surface area contributed by atoms with Gasteiger partial charge in [-0.05, 0) is 47.5 Å². The van der Waals surface area contributed by atoms with Gasteiger partial charge in [0, 0.05) is 13.0 Å². The first-order valence-electron chi connectivity index (χ1n) is 9.56. The zero-order valence-electron chi connectivity index (χ0n) is 16.5. The minimum Gasteiger partial charge on any atom is -0.497 e. The summed E-state index contributed by atoms with van der Waals surface area (Å²) >= 11 is 0. The smallest absolute Gasteiger partial charge is 0.289 e. The lowest BCUT2D eigenvalue weighted by molar-refractivity contribution is 0.0387. The normalized spacial score (nSPS) is 15.4. The molecule has 0 saturated carbocycles. The number of methoxy groups -OCH3 is 1. The van der Waals surface area contributed by atoms with E-state index >= 15 is 0 Å². The van der Waals surface area contributed by atoms with Crippen molar-refractivity contribution in [1.82, 2.24) is 4.90 Å². The van der Waals surface area contributed by atoms with Gasteiger partial charge in [0.1, 0.15) is 11.6 Å². The van der Waals surface area contributed by atoms with E-state index in [-0.39, 0.29) is 23.6 Å². The number of carbonyl (C=O) groups is 1. The Kier molecular flexibility index (Phi) is 5.79. The minimum atomic E-state index is -0.311. The molecule has 2 aromatic carbocycles. The van der Waals surface area contributed by atoms with Crippen LogP contribution in [-0.4, -0.2) is 36.3 Å². The minimum absolute atomic E-state index is 0.235. The van der Waals surface area contributed by atoms with Gasteiger partial charge in [-0.15, -0.1) is 0 Å². The fourth-order valence-corrected chi connectivity index (χ4v) is 3.35. The molecule has 154 valence electrons. The van der Waals surface area contributed by atoms with E-state index in [4.69, 9.17) is 14.0 Å². The topological polar surface area (TPSA) is 64.3 Å². The quantitative estimate of drug-likeness (QED) is 0.586. The van der Waals surface area contributed by atoms with E-state index in [1.165, 1.54) is 18.4 Å². The monoisotopic (exact) mass is 408 g/mol. The lowest BCUT2D eigenvalue weighted by Gasteiger charge is -2.24. The molecule has 0 fully saturated rings. The maximum atomic E-state index is 13.2. The predicted molar refractivity (Wildman–Crippen MR) is 109 cm³/mol. The summed E-state index contributed by atoms with van der Waals surface area (Å²) in [6.45, 7) is 0.688. The van der Waals surface area contributed by atoms with Crippen LogP contribution in [0.2, 0.25) is 0 Å². The molecule has 0 aliphatic carbocycles. The van der Waals surface area contributed by atoms with Gasteiger partial charge in [-0.3, -0.25) is 4.79 Å². The average Bonchev–Trinajstić information content (AvgIpc) is 3.46. The Morgan fingerprint density at radius 3 is 2.77 bits per heavy atom. The number of carbonyl (C=O) groups excluding carboxylic acids is 1. The third-order valence-electron chi connectivity index (χ3n) is 4.86. The average molecular weight is 408 g/mol. The van der Waals surface area contributed by atoms with Crippen molar-refractivity contribution in [3.63, 3.8) is 0 Å². The second-order valence-electron chi connectivity index (χ2n) is 6.99. The van der Waals surface area contributed by atoms with Gasteiger partial charge in [-0.25, -0.2) is 4.39 Å². The van der Waals surface area contributed by atoms with Crippen molar-refractivity contribution in [2.75, 3.05) is 13.7 Å². The number of benzene rings is 2. The lowest BCUT2D eigenvalue weighted by atomic mass is 10.0. The Morgan fingerprint density at radius 1 is 1.20 bits per heavy atom. The fourth-order valence-electron chi connectivity index (χ4n) is 3.35. The molecular formula is C23H21FN2O4. The van der Waals surface area contributed by atoms with E-state index < -0.39 is 0 Å². The van der Waals surface area contributed by atoms with E-state index in [2.05, 4.69) is 5.16 Å². The molecule has 1 aliphatic rings. The molecule has 3 aromatic rings. The molecule has 0 N–H and O–H groups in total. The number of ether oxygens (including phenoxy) is 1. The Morgan fingerprint density at radius 2 is 2.03 bits per heavy atom. The number of hydrogen-bond donors (Lipinski definition) is 0. The van der Waals surface area contributed by atoms with Crippen LogP contribution in [0.15, 0.2) is 76.5 Å². The van der Waals surface area contributed by atoms with E-state index in [9.17, 15) is 9.18 Å². The van der Waals surface area contributed by atoms with Crippen molar-refractivity contribution in [2.45, 2.75) is 19.1 Å². The van der Waals surface area contributed by atoms with Gasteiger partial charge in [0.25, 0.3) is 5.91 Å². The van der Waals surface area contributed by atoms with Crippen LogP contribution in [0.1, 0.15) is 28.1 Å². The van der Waals surface area contributed by atoms with E-state index in [1.807, 2.05) is 24.3 Å². The molecule has 0 spiro atoms. The van der Waals surface area contributed by atoms with Crippen molar-refractivity contribution in [3.05, 3.63) is 89.6 Å². The Labute approximate surface area is 173 Å². The summed E-state index contributed by atoms with van der Waals surface area (Å²) in [5.74, 6) is 0.442. The molecule has 7 heteroatoms. The largest absolute Gasteiger partial charge is 0.497 e. The summed E-state index contributed by atoms with van der Waals surface area (Å²) in [6, 6.07) is 17.0. The number of oxime groups is 1. The van der Waals surface area contributed by atoms with Crippen LogP contribution >= 0.6 is 0 Å². The van der Waals surface area contributed by atoms with Crippen LogP contribution in [0.5, 0.6) is 5.75 Å². The summed E-state index contributed by atoms with van der Waals surface area (Å²) in [5.41, 5.74) is 2.45. The Hall–Kier alpha value is -3.61. The Bertz CT molecular complexity index is 1030. The van der Waals surface area contributed by atoms with Crippen molar-refractivity contribution in [2.24, 2.45) is 5.16 Å². The number of amides is 1. The summed E-state index contributed by atoms with van der Waals surface area (Å²) in [4.78, 5) is 20.3. The number of rotatable bonds is 7. The van der Waals surface area contributed by atoms with Gasteiger partial charge in [-0.1, -0.05) is 29.4 Å². The van der Waals surface area contributed by atoms with Gasteiger partial charge in [-0.2, -0.15) is 0 Å². The van der Waals surface area contributed by atoms with E-state index in [0.717, 1.165) is 22.6 Å². The van der Waals surface area contributed by atoms with Gasteiger partial charge < -0.3 is 18.9 Å². The van der Waals surface area contributed by atoms with Crippen LogP contribution in [-0.2, 0) is 11.4 Å². The molecule has 4 rings (SSSR count). The SMILES string of the molecule is COc1cccc(CN(C[C@H]2CC(c3ccc(F)cc3)=NO2)C(=O)c2ccco2)c1. The van der Waals surface area contributed by atoms with Gasteiger partial charge in [0.15, 0.2) is 11.9 Å². The van der Waals surface area contributed by atoms with Crippen molar-refractivity contribution < 1.29 is 23.2 Å². The summed E-state index contributed by atoms with van der Waals surface area (Å²) in [7, 11) is 1.60. The number of halogens is 1. The van der Waals surface area contributed by atoms with Crippen LogP contribution in [0.3, 0.4) is 0 Å². The third kappa shape index (κ3) is 4.51. The van der Waals surface area contributed by atoms with Crippen LogP contribution in [0.4, 0.5) is 4.39 Å². The molecule has 0 radical (unpaired) electrons. The van der Waals surface area contributed by atoms with Crippen LogP contribution in [0, 0.1) is 5.82 Å². The molecular weight excluding hydrogens is 387 g/mol. The van der Waals surface area contributed by atoms with Crippen molar-refractivity contribution in [3.8, 4) is 5.75 Å². The zero-order chi connectivity index (χ0) is 20.9. The van der Waals surface area contributed by atoms with Crippen molar-refractivity contribution in [1.29, 1.82) is 0 Å². The second kappa shape index (κ2) is 8.82. The molecule has 2 heterocycles. The molecule has 1 aliphatic heterocycles. The molecule has 6 nitrogen and oxygen atoms in total. The standard InChI is InChI=1S/C23H21FN2O4/c1-28-19-5-2-4-16(12-19)14-26(23(27)22-6-3-11-29-22)15-20-13-21(25-30-20)17-7-9-18(24)10-8-17/h2-12,20H,13-15H2,1H3/t20-/m1/s1. The Balaban J connectivity index is 1.48. The summed E-state index contributed by atoms with van der Waals surface area (Å²) < 4.78 is 23.8. The maximum Gasteiger partial charge on any atom is 0.289 e. The second-order valence-corrected chi connectivity index (χ2v) is 6.99. The lowest BCUT2D eigenvalue weighted by Crippen LogP contribution is -2.37. The summed E-state index contributed by atoms with van der Waals surface area (Å²) in [5, 5.41) is 4.14. The molecule has 0 saturated heterocycles. The fraction of sp³-hybridized carbons (Fsp3) is 0.217. The highest BCUT2D eigenvalue weighted by atomic mass is 19.1. The van der Waals surface area contributed by atoms with Crippen LogP contribution in [0.25, 0.3) is 0 Å². The van der Waals surface area contributed by atoms with Gasteiger partial charge >= 0.3 is 0 Å². The molecule has 0 unspecified atom stereocenters. The van der Waals surface area contributed by atoms with Crippen LogP contribution < -0.4 is 4.74 Å². The van der Waals surface area contributed by atoms with E-state index in [1.54, 1.807) is 36.3 Å². The predicted octanol–water partition coefficient (Wildman–Crippen LogP) is 4.26. The zero-order valence-corrected chi connectivity index (χ0v) is 16.5. The molecule has 1 aromatic heterocycles. The molecule has 0 bridgehead atoms. The highest BCUT2D eigenvalue weighted by molar-refractivity contribution is 6.01. The maximum absolute atomic E-state index is 13.2. The highest BCUT2D eigenvalue weighted by Gasteiger charge is 2.28. The first-order chi connectivity index (χ1) is 14.6.